The average Bonchev–Trinajstić information content (AvgIpc) is 2.71. The van der Waals surface area contributed by atoms with Crippen LogP contribution in [-0.4, -0.2) is 6.26 Å². The lowest BCUT2D eigenvalue weighted by molar-refractivity contribution is 1.46. The van der Waals surface area contributed by atoms with E-state index in [9.17, 15) is 5.26 Å². The van der Waals surface area contributed by atoms with Crippen LogP contribution in [-0.2, 0) is 0 Å². The summed E-state index contributed by atoms with van der Waals surface area (Å²) in [6.45, 7) is 0. The minimum atomic E-state index is 0.569. The fourth-order valence-electron chi connectivity index (χ4n) is 1.50. The minimum absolute atomic E-state index is 0.569. The van der Waals surface area contributed by atoms with Crippen LogP contribution in [0.1, 0.15) is 5.56 Å². The summed E-state index contributed by atoms with van der Waals surface area (Å²) in [7, 11) is 0. The first-order chi connectivity index (χ1) is 8.17. The molecule has 2 aromatic rings. The molecule has 0 atom stereocenters. The van der Waals surface area contributed by atoms with Crippen molar-refractivity contribution in [1.29, 1.82) is 5.26 Å². The van der Waals surface area contributed by atoms with Crippen molar-refractivity contribution >= 4 is 46.3 Å². The molecule has 0 saturated heterocycles. The van der Waals surface area contributed by atoms with E-state index in [0.717, 1.165) is 15.3 Å². The summed E-state index contributed by atoms with van der Waals surface area (Å²) < 4.78 is 1.01. The summed E-state index contributed by atoms with van der Waals surface area (Å²) in [5.74, 6) is 0. The Morgan fingerprint density at radius 2 is 2.06 bits per heavy atom. The van der Waals surface area contributed by atoms with Gasteiger partial charge < -0.3 is 0 Å². The van der Waals surface area contributed by atoms with Gasteiger partial charge in [0.15, 0.2) is 0 Å². The monoisotopic (exact) mass is 299 g/mol. The number of hydrogen-bond donors (Lipinski definition) is 0. The van der Waals surface area contributed by atoms with Crippen LogP contribution in [0.5, 0.6) is 0 Å². The Bertz CT molecular complexity index is 599. The van der Waals surface area contributed by atoms with Gasteiger partial charge in [-0.05, 0) is 18.4 Å². The van der Waals surface area contributed by atoms with Gasteiger partial charge in [-0.1, -0.05) is 29.3 Å². The number of thioether (sulfide) groups is 1. The molecule has 0 bridgehead atoms. The molecular formula is C12H7Cl2NS2. The summed E-state index contributed by atoms with van der Waals surface area (Å²) >= 11 is 15.1. The van der Waals surface area contributed by atoms with E-state index in [-0.39, 0.29) is 0 Å². The number of thiophene rings is 1. The summed E-state index contributed by atoms with van der Waals surface area (Å²) in [5, 5.41) is 12.3. The number of nitrogens with zero attached hydrogens (tertiary/aromatic N) is 1. The molecule has 0 radical (unpaired) electrons. The normalized spacial score (nSPS) is 10.2. The Labute approximate surface area is 118 Å². The molecular weight excluding hydrogens is 293 g/mol. The largest absolute Gasteiger partial charge is 0.192 e. The molecule has 1 aromatic heterocycles. The maximum Gasteiger partial charge on any atom is 0.102 e. The zero-order chi connectivity index (χ0) is 12.4. The van der Waals surface area contributed by atoms with E-state index in [2.05, 4.69) is 6.07 Å². The lowest BCUT2D eigenvalue weighted by Gasteiger charge is -2.03. The molecule has 0 spiro atoms. The third-order valence-corrected chi connectivity index (χ3v) is 4.96. The molecule has 0 fully saturated rings. The van der Waals surface area contributed by atoms with Crippen LogP contribution >= 0.6 is 46.3 Å². The fraction of sp³-hybridized carbons (Fsp3) is 0.0833. The first-order valence-corrected chi connectivity index (χ1v) is 7.54. The Morgan fingerprint density at radius 1 is 1.29 bits per heavy atom. The van der Waals surface area contributed by atoms with E-state index in [0.29, 0.717) is 15.6 Å². The summed E-state index contributed by atoms with van der Waals surface area (Å²) in [5.41, 5.74) is 2.42. The molecule has 0 unspecified atom stereocenters. The highest BCUT2D eigenvalue weighted by molar-refractivity contribution is 8.00. The number of rotatable bonds is 2. The lowest BCUT2D eigenvalue weighted by atomic mass is 10.1. The topological polar surface area (TPSA) is 23.8 Å². The highest BCUT2D eigenvalue weighted by atomic mass is 35.5. The first-order valence-electron chi connectivity index (χ1n) is 4.68. The van der Waals surface area contributed by atoms with Crippen LogP contribution in [0.2, 0.25) is 10.0 Å². The molecule has 0 aliphatic rings. The molecule has 0 aliphatic heterocycles. The molecule has 1 aromatic carbocycles. The van der Waals surface area contributed by atoms with E-state index < -0.39 is 0 Å². The van der Waals surface area contributed by atoms with Gasteiger partial charge in [0.2, 0.25) is 0 Å². The zero-order valence-corrected chi connectivity index (χ0v) is 12.0. The van der Waals surface area contributed by atoms with Gasteiger partial charge in [0.05, 0.1) is 9.77 Å². The van der Waals surface area contributed by atoms with E-state index in [1.807, 2.05) is 17.7 Å². The molecule has 0 amide bonds. The van der Waals surface area contributed by atoms with Crippen molar-refractivity contribution in [2.75, 3.05) is 6.26 Å². The van der Waals surface area contributed by atoms with Gasteiger partial charge in [0.25, 0.3) is 0 Å². The van der Waals surface area contributed by atoms with E-state index in [1.54, 1.807) is 35.2 Å². The second kappa shape index (κ2) is 5.32. The summed E-state index contributed by atoms with van der Waals surface area (Å²) in [6, 6.07) is 7.55. The summed E-state index contributed by atoms with van der Waals surface area (Å²) in [4.78, 5) is 0. The van der Waals surface area contributed by atoms with E-state index >= 15 is 0 Å². The van der Waals surface area contributed by atoms with Crippen LogP contribution in [0.4, 0.5) is 0 Å². The van der Waals surface area contributed by atoms with Crippen LogP contribution in [0, 0.1) is 11.3 Å². The van der Waals surface area contributed by atoms with Crippen LogP contribution in [0.25, 0.3) is 11.1 Å². The fourth-order valence-corrected chi connectivity index (χ4v) is 3.64. The smallest absolute Gasteiger partial charge is 0.102 e. The van der Waals surface area contributed by atoms with Gasteiger partial charge >= 0.3 is 0 Å². The minimum Gasteiger partial charge on any atom is -0.192 e. The summed E-state index contributed by atoms with van der Waals surface area (Å²) in [6.07, 6.45) is 1.96. The maximum atomic E-state index is 9.20. The predicted octanol–water partition coefficient (Wildman–Crippen LogP) is 5.32. The van der Waals surface area contributed by atoms with Crippen molar-refractivity contribution in [2.45, 2.75) is 4.21 Å². The van der Waals surface area contributed by atoms with Crippen LogP contribution < -0.4 is 0 Å². The molecule has 1 heterocycles. The Balaban J connectivity index is 2.61. The molecule has 1 nitrogen and oxygen atoms in total. The van der Waals surface area contributed by atoms with Crippen molar-refractivity contribution in [3.63, 3.8) is 0 Å². The van der Waals surface area contributed by atoms with Crippen molar-refractivity contribution < 1.29 is 0 Å². The van der Waals surface area contributed by atoms with Gasteiger partial charge in [0, 0.05) is 26.6 Å². The Morgan fingerprint density at radius 3 is 2.65 bits per heavy atom. The zero-order valence-electron chi connectivity index (χ0n) is 8.83. The third-order valence-electron chi connectivity index (χ3n) is 2.28. The number of nitriles is 1. The highest BCUT2D eigenvalue weighted by Crippen LogP contribution is 2.39. The standard InChI is InChI=1S/C12H7Cl2NS2/c1-16-12-9(5-15)10(6-17-12)8-3-2-7(13)4-11(8)14/h2-4,6H,1H3. The predicted molar refractivity (Wildman–Crippen MR) is 76.3 cm³/mol. The van der Waals surface area contributed by atoms with E-state index in [1.165, 1.54) is 0 Å². The highest BCUT2D eigenvalue weighted by Gasteiger charge is 2.14. The van der Waals surface area contributed by atoms with E-state index in [4.69, 9.17) is 23.2 Å². The van der Waals surface area contributed by atoms with Gasteiger partial charge in [-0.2, -0.15) is 5.26 Å². The van der Waals surface area contributed by atoms with Gasteiger partial charge in [0.1, 0.15) is 6.07 Å². The molecule has 86 valence electrons. The number of benzene rings is 1. The van der Waals surface area contributed by atoms with Crippen molar-refractivity contribution in [3.05, 3.63) is 39.2 Å². The van der Waals surface area contributed by atoms with Crippen LogP contribution in [0.15, 0.2) is 27.8 Å². The first kappa shape index (κ1) is 12.8. The van der Waals surface area contributed by atoms with Crippen molar-refractivity contribution in [3.8, 4) is 17.2 Å². The SMILES string of the molecule is CSc1scc(-c2ccc(Cl)cc2Cl)c1C#N. The maximum absolute atomic E-state index is 9.20. The molecule has 5 heteroatoms. The second-order valence-corrected chi connectivity index (χ2v) is 6.05. The van der Waals surface area contributed by atoms with Gasteiger partial charge in [-0.3, -0.25) is 0 Å². The molecule has 0 aliphatic carbocycles. The van der Waals surface area contributed by atoms with Crippen molar-refractivity contribution in [1.82, 2.24) is 0 Å². The Kier molecular flexibility index (Phi) is 4.01. The molecule has 2 rings (SSSR count). The molecule has 0 saturated carbocycles. The van der Waals surface area contributed by atoms with Crippen LogP contribution in [0.3, 0.4) is 0 Å². The van der Waals surface area contributed by atoms with Crippen molar-refractivity contribution in [2.24, 2.45) is 0 Å². The Hall–Kier alpha value is -0.660. The third kappa shape index (κ3) is 2.46. The quantitative estimate of drug-likeness (QED) is 0.701. The van der Waals surface area contributed by atoms with Gasteiger partial charge in [-0.15, -0.1) is 23.1 Å². The number of hydrogen-bond acceptors (Lipinski definition) is 3. The second-order valence-electron chi connectivity index (χ2n) is 3.25. The number of halogens is 2. The van der Waals surface area contributed by atoms with Gasteiger partial charge in [-0.25, -0.2) is 0 Å². The molecule has 17 heavy (non-hydrogen) atoms. The average molecular weight is 300 g/mol. The lowest BCUT2D eigenvalue weighted by Crippen LogP contribution is -1.82. The molecule has 0 N–H and O–H groups in total.